The zero-order valence-corrected chi connectivity index (χ0v) is 11.5. The Labute approximate surface area is 121 Å². The number of hydrogen-bond donors (Lipinski definition) is 1. The summed E-state index contributed by atoms with van der Waals surface area (Å²) < 4.78 is 11.3. The van der Waals surface area contributed by atoms with Crippen LogP contribution in [0.5, 0.6) is 5.75 Å². The molecule has 0 unspecified atom stereocenters. The third-order valence-corrected chi connectivity index (χ3v) is 3.20. The van der Waals surface area contributed by atoms with Crippen LogP contribution in [-0.2, 0) is 6.61 Å². The maximum absolute atomic E-state index is 11.1. The molecule has 21 heavy (non-hydrogen) atoms. The van der Waals surface area contributed by atoms with Gasteiger partial charge in [-0.3, -0.25) is 0 Å². The molecule has 1 aromatic heterocycles. The minimum Gasteiger partial charge on any atom is -0.486 e. The van der Waals surface area contributed by atoms with Crippen molar-refractivity contribution in [1.29, 1.82) is 0 Å². The van der Waals surface area contributed by atoms with Gasteiger partial charge in [0.05, 0.1) is 0 Å². The summed E-state index contributed by atoms with van der Waals surface area (Å²) in [5, 5.41) is 9.90. The number of benzene rings is 2. The number of aromatic carboxylic acids is 1. The first-order chi connectivity index (χ1) is 10.1. The molecule has 0 aliphatic heterocycles. The molecule has 0 amide bonds. The lowest BCUT2D eigenvalue weighted by atomic mass is 10.1. The number of hydrogen-bond acceptors (Lipinski definition) is 3. The first-order valence-corrected chi connectivity index (χ1v) is 6.58. The van der Waals surface area contributed by atoms with Gasteiger partial charge in [0.2, 0.25) is 0 Å². The van der Waals surface area contributed by atoms with Crippen molar-refractivity contribution in [1.82, 2.24) is 0 Å². The summed E-state index contributed by atoms with van der Waals surface area (Å²) in [4.78, 5) is 11.1. The lowest BCUT2D eigenvalue weighted by molar-refractivity contribution is 0.0697. The average molecular weight is 282 g/mol. The smallest absolute Gasteiger partial charge is 0.339 e. The molecule has 0 saturated heterocycles. The van der Waals surface area contributed by atoms with Crippen LogP contribution < -0.4 is 4.74 Å². The molecule has 0 aliphatic rings. The molecule has 3 rings (SSSR count). The molecule has 3 aromatic rings. The van der Waals surface area contributed by atoms with Crippen molar-refractivity contribution < 1.29 is 19.1 Å². The van der Waals surface area contributed by atoms with Crippen molar-refractivity contribution in [2.24, 2.45) is 0 Å². The van der Waals surface area contributed by atoms with Gasteiger partial charge in [-0.1, -0.05) is 24.3 Å². The van der Waals surface area contributed by atoms with Crippen molar-refractivity contribution in [3.05, 3.63) is 65.4 Å². The summed E-state index contributed by atoms with van der Waals surface area (Å²) >= 11 is 0. The summed E-state index contributed by atoms with van der Waals surface area (Å²) in [6.07, 6.45) is 0. The molecule has 4 heteroatoms. The van der Waals surface area contributed by atoms with Crippen LogP contribution in [0.4, 0.5) is 0 Å². The molecule has 0 aliphatic carbocycles. The van der Waals surface area contributed by atoms with E-state index >= 15 is 0 Å². The highest BCUT2D eigenvalue weighted by Crippen LogP contribution is 2.24. The Balaban J connectivity index is 1.85. The number of fused-ring (bicyclic) bond motifs is 1. The van der Waals surface area contributed by atoms with E-state index in [1.54, 1.807) is 12.1 Å². The molecule has 106 valence electrons. The molecule has 0 saturated carbocycles. The Kier molecular flexibility index (Phi) is 3.36. The Morgan fingerprint density at radius 3 is 2.76 bits per heavy atom. The van der Waals surface area contributed by atoms with Gasteiger partial charge in [0.1, 0.15) is 29.3 Å². The van der Waals surface area contributed by atoms with E-state index in [1.165, 1.54) is 6.07 Å². The monoisotopic (exact) mass is 282 g/mol. The molecule has 0 radical (unpaired) electrons. The fourth-order valence-corrected chi connectivity index (χ4v) is 2.22. The first kappa shape index (κ1) is 13.2. The van der Waals surface area contributed by atoms with Crippen LogP contribution in [0, 0.1) is 6.92 Å². The molecule has 0 bridgehead atoms. The standard InChI is InChI=1S/C17H14O4/c1-11-4-2-6-13(8-11)20-10-14-9-12-5-3-7-15(17(18)19)16(12)21-14/h2-9H,10H2,1H3,(H,18,19). The van der Waals surface area contributed by atoms with Gasteiger partial charge in [0, 0.05) is 5.39 Å². The van der Waals surface area contributed by atoms with Crippen LogP contribution in [-0.4, -0.2) is 11.1 Å². The number of ether oxygens (including phenoxy) is 1. The average Bonchev–Trinajstić information content (AvgIpc) is 2.87. The van der Waals surface area contributed by atoms with Gasteiger partial charge in [0.25, 0.3) is 0 Å². The molecule has 1 N–H and O–H groups in total. The van der Waals surface area contributed by atoms with E-state index in [-0.39, 0.29) is 12.2 Å². The Morgan fingerprint density at radius 1 is 1.19 bits per heavy atom. The Hall–Kier alpha value is -2.75. The van der Waals surface area contributed by atoms with Crippen LogP contribution >= 0.6 is 0 Å². The van der Waals surface area contributed by atoms with E-state index in [1.807, 2.05) is 37.3 Å². The van der Waals surface area contributed by atoms with Gasteiger partial charge in [-0.2, -0.15) is 0 Å². The second kappa shape index (κ2) is 5.32. The quantitative estimate of drug-likeness (QED) is 0.785. The molecule has 0 fully saturated rings. The lowest BCUT2D eigenvalue weighted by Gasteiger charge is -2.04. The van der Waals surface area contributed by atoms with Crippen molar-refractivity contribution >= 4 is 16.9 Å². The van der Waals surface area contributed by atoms with Gasteiger partial charge in [-0.25, -0.2) is 4.79 Å². The third kappa shape index (κ3) is 2.74. The number of carboxylic acids is 1. The highest BCUT2D eigenvalue weighted by molar-refractivity contribution is 6.01. The fourth-order valence-electron chi connectivity index (χ4n) is 2.22. The highest BCUT2D eigenvalue weighted by Gasteiger charge is 2.13. The second-order valence-corrected chi connectivity index (χ2v) is 4.85. The van der Waals surface area contributed by atoms with E-state index in [9.17, 15) is 4.79 Å². The van der Waals surface area contributed by atoms with Crippen LogP contribution in [0.3, 0.4) is 0 Å². The maximum Gasteiger partial charge on any atom is 0.339 e. The van der Waals surface area contributed by atoms with E-state index in [0.29, 0.717) is 11.3 Å². The van der Waals surface area contributed by atoms with Crippen molar-refractivity contribution in [2.75, 3.05) is 0 Å². The van der Waals surface area contributed by atoms with E-state index in [2.05, 4.69) is 0 Å². The molecular weight excluding hydrogens is 268 g/mol. The predicted molar refractivity (Wildman–Crippen MR) is 78.7 cm³/mol. The minimum atomic E-state index is -0.999. The largest absolute Gasteiger partial charge is 0.486 e. The van der Waals surface area contributed by atoms with Crippen molar-refractivity contribution in [3.8, 4) is 5.75 Å². The highest BCUT2D eigenvalue weighted by atomic mass is 16.5. The number of para-hydroxylation sites is 1. The second-order valence-electron chi connectivity index (χ2n) is 4.85. The first-order valence-electron chi connectivity index (χ1n) is 6.58. The van der Waals surface area contributed by atoms with Crippen LogP contribution in [0.25, 0.3) is 11.0 Å². The topological polar surface area (TPSA) is 59.7 Å². The summed E-state index contributed by atoms with van der Waals surface area (Å²) in [6.45, 7) is 2.25. The van der Waals surface area contributed by atoms with Gasteiger partial charge in [-0.05, 0) is 36.8 Å². The Morgan fingerprint density at radius 2 is 2.00 bits per heavy atom. The van der Waals surface area contributed by atoms with Gasteiger partial charge >= 0.3 is 5.97 Å². The number of carbonyl (C=O) groups is 1. The van der Waals surface area contributed by atoms with Gasteiger partial charge < -0.3 is 14.3 Å². The fraction of sp³-hybridized carbons (Fsp3) is 0.118. The number of carboxylic acid groups (broad SMARTS) is 1. The number of furan rings is 1. The van der Waals surface area contributed by atoms with Gasteiger partial charge in [-0.15, -0.1) is 0 Å². The maximum atomic E-state index is 11.1. The summed E-state index contributed by atoms with van der Waals surface area (Å²) in [7, 11) is 0. The third-order valence-electron chi connectivity index (χ3n) is 3.20. The molecular formula is C17H14O4. The summed E-state index contributed by atoms with van der Waals surface area (Å²) in [5.41, 5.74) is 1.66. The van der Waals surface area contributed by atoms with Crippen LogP contribution in [0.15, 0.2) is 52.9 Å². The van der Waals surface area contributed by atoms with Gasteiger partial charge in [0.15, 0.2) is 0 Å². The van der Waals surface area contributed by atoms with Crippen molar-refractivity contribution in [2.45, 2.75) is 13.5 Å². The van der Waals surface area contributed by atoms with E-state index in [4.69, 9.17) is 14.3 Å². The zero-order valence-electron chi connectivity index (χ0n) is 11.5. The summed E-state index contributed by atoms with van der Waals surface area (Å²) in [6, 6.07) is 14.6. The van der Waals surface area contributed by atoms with E-state index in [0.717, 1.165) is 16.7 Å². The lowest BCUT2D eigenvalue weighted by Crippen LogP contribution is -1.95. The normalized spacial score (nSPS) is 10.7. The Bertz CT molecular complexity index is 801. The van der Waals surface area contributed by atoms with Crippen molar-refractivity contribution in [3.63, 3.8) is 0 Å². The summed E-state index contributed by atoms with van der Waals surface area (Å²) in [5.74, 6) is 0.357. The SMILES string of the molecule is Cc1cccc(OCc2cc3cccc(C(=O)O)c3o2)c1. The number of rotatable bonds is 4. The van der Waals surface area contributed by atoms with Crippen LogP contribution in [0.2, 0.25) is 0 Å². The van der Waals surface area contributed by atoms with E-state index < -0.39 is 5.97 Å². The number of aryl methyl sites for hydroxylation is 1. The zero-order chi connectivity index (χ0) is 14.8. The molecule has 2 aromatic carbocycles. The molecule has 4 nitrogen and oxygen atoms in total. The predicted octanol–water partition coefficient (Wildman–Crippen LogP) is 4.02. The van der Waals surface area contributed by atoms with Crippen LogP contribution in [0.1, 0.15) is 21.7 Å². The molecule has 0 atom stereocenters. The molecule has 1 heterocycles. The minimum absolute atomic E-state index is 0.161. The molecule has 0 spiro atoms.